The van der Waals surface area contributed by atoms with Gasteiger partial charge in [0.25, 0.3) is 5.69 Å². The number of carbonyl (C=O) groups excluding carboxylic acids is 2. The lowest BCUT2D eigenvalue weighted by atomic mass is 9.36. The number of hydrogen-bond acceptors (Lipinski definition) is 8. The van der Waals surface area contributed by atoms with E-state index in [1.165, 1.54) is 6.07 Å². The van der Waals surface area contributed by atoms with Crippen LogP contribution in [-0.4, -0.2) is 41.0 Å². The summed E-state index contributed by atoms with van der Waals surface area (Å²) < 4.78 is 17.8. The van der Waals surface area contributed by atoms with E-state index in [4.69, 9.17) is 14.2 Å². The molecule has 298 valence electrons. The van der Waals surface area contributed by atoms with Gasteiger partial charge in [-0.3, -0.25) is 14.9 Å². The molecule has 5 rings (SSSR count). The summed E-state index contributed by atoms with van der Waals surface area (Å²) in [6.45, 7) is 26.5. The highest BCUT2D eigenvalue weighted by atomic mass is 16.7. The molecule has 4 saturated carbocycles. The molecule has 54 heavy (non-hydrogen) atoms. The molecule has 0 spiro atoms. The first-order valence-electron chi connectivity index (χ1n) is 20.1. The maximum absolute atomic E-state index is 14.5. The van der Waals surface area contributed by atoms with E-state index in [0.717, 1.165) is 48.0 Å². The van der Waals surface area contributed by atoms with Gasteiger partial charge in [0.1, 0.15) is 6.10 Å². The van der Waals surface area contributed by atoms with Crippen molar-refractivity contribution < 1.29 is 33.8 Å². The number of nitrogens with zero attached hydrogens (tertiary/aromatic N) is 1. The number of rotatable bonds is 10. The van der Waals surface area contributed by atoms with E-state index in [2.05, 4.69) is 41.2 Å². The average molecular weight is 748 g/mol. The van der Waals surface area contributed by atoms with Crippen LogP contribution in [0, 0.1) is 61.4 Å². The fraction of sp³-hybridized carbons (Fsp3) is 0.689. The highest BCUT2D eigenvalue weighted by Gasteiger charge is 2.70. The zero-order valence-electron chi connectivity index (χ0n) is 34.7. The molecule has 1 unspecified atom stereocenters. The standard InChI is InChI=1S/C45H65NO8/c1-26(2)32(30-14-13-15-31(22-30)46(50)51)16-17-33(40(48)52-25-53-41(49)42(7,8)9)38-35-23-36(47)39-43(10)20-18-28(5)29(6)34(43)19-21-44(39,11)45(35,12)24-37(38)54-27(3)4/h13-15,22,28-29,34-37,39,47H,3,16-21,23-25H2,1-2,4-12H3/b38-33-/t28-,29+,34+,35+,36-,37?,39+,43+,44+,45+/m1/s1. The van der Waals surface area contributed by atoms with E-state index in [0.29, 0.717) is 48.3 Å². The second kappa shape index (κ2) is 15.2. The van der Waals surface area contributed by atoms with Gasteiger partial charge in [0.15, 0.2) is 0 Å². The maximum atomic E-state index is 14.5. The Kier molecular flexibility index (Phi) is 11.8. The van der Waals surface area contributed by atoms with E-state index in [1.54, 1.807) is 32.9 Å². The highest BCUT2D eigenvalue weighted by molar-refractivity contribution is 5.90. The topological polar surface area (TPSA) is 125 Å². The summed E-state index contributed by atoms with van der Waals surface area (Å²) in [5, 5.41) is 24.2. The molecule has 0 saturated heterocycles. The highest BCUT2D eigenvalue weighted by Crippen LogP contribution is 2.74. The number of aliphatic hydroxyl groups is 1. The van der Waals surface area contributed by atoms with Crippen LogP contribution in [0.1, 0.15) is 133 Å². The van der Waals surface area contributed by atoms with Gasteiger partial charge in [-0.1, -0.05) is 58.9 Å². The Morgan fingerprint density at radius 3 is 2.31 bits per heavy atom. The Hall–Kier alpha value is -3.46. The molecule has 0 bridgehead atoms. The predicted octanol–water partition coefficient (Wildman–Crippen LogP) is 10.4. The molecule has 0 aliphatic heterocycles. The molecule has 9 nitrogen and oxygen atoms in total. The van der Waals surface area contributed by atoms with Crippen LogP contribution in [-0.2, 0) is 23.8 Å². The Labute approximate surface area is 323 Å². The predicted molar refractivity (Wildman–Crippen MR) is 211 cm³/mol. The molecule has 1 aromatic carbocycles. The average Bonchev–Trinajstić information content (AvgIpc) is 3.35. The number of hydrogen-bond donors (Lipinski definition) is 1. The largest absolute Gasteiger partial charge is 0.491 e. The molecule has 4 aliphatic carbocycles. The third-order valence-corrected chi connectivity index (χ3v) is 14.7. The van der Waals surface area contributed by atoms with Crippen LogP contribution >= 0.6 is 0 Å². The fourth-order valence-electron chi connectivity index (χ4n) is 11.7. The van der Waals surface area contributed by atoms with Crippen molar-refractivity contribution in [2.24, 2.45) is 51.2 Å². The van der Waals surface area contributed by atoms with Gasteiger partial charge in [-0.25, -0.2) is 4.79 Å². The summed E-state index contributed by atoms with van der Waals surface area (Å²) in [5.41, 5.74) is 2.54. The minimum absolute atomic E-state index is 0.00116. The van der Waals surface area contributed by atoms with Crippen molar-refractivity contribution in [1.29, 1.82) is 0 Å². The number of ether oxygens (including phenoxy) is 3. The summed E-state index contributed by atoms with van der Waals surface area (Å²) in [7, 11) is 0. The van der Waals surface area contributed by atoms with Crippen molar-refractivity contribution in [1.82, 2.24) is 0 Å². The van der Waals surface area contributed by atoms with Crippen molar-refractivity contribution in [2.75, 3.05) is 6.79 Å². The first-order chi connectivity index (χ1) is 25.1. The third kappa shape index (κ3) is 7.43. The van der Waals surface area contributed by atoms with E-state index in [1.807, 2.05) is 26.8 Å². The normalized spacial score (nSPS) is 35.4. The Bertz CT molecular complexity index is 1720. The van der Waals surface area contributed by atoms with Crippen molar-refractivity contribution in [2.45, 2.75) is 140 Å². The zero-order chi connectivity index (χ0) is 40.1. The number of carbonyl (C=O) groups is 2. The van der Waals surface area contributed by atoms with Gasteiger partial charge in [-0.15, -0.1) is 0 Å². The molecule has 1 N–H and O–H groups in total. The lowest BCUT2D eigenvalue weighted by Gasteiger charge is -2.69. The van der Waals surface area contributed by atoms with Crippen molar-refractivity contribution in [3.05, 3.63) is 69.0 Å². The third-order valence-electron chi connectivity index (χ3n) is 14.7. The monoisotopic (exact) mass is 747 g/mol. The first kappa shape index (κ1) is 41.7. The number of fused-ring (bicyclic) bond motifs is 5. The number of nitro groups is 1. The van der Waals surface area contributed by atoms with E-state index < -0.39 is 41.3 Å². The minimum atomic E-state index is -0.772. The lowest BCUT2D eigenvalue weighted by Crippen LogP contribution is -2.65. The quantitative estimate of drug-likeness (QED) is 0.0626. The minimum Gasteiger partial charge on any atom is -0.491 e. The summed E-state index contributed by atoms with van der Waals surface area (Å²) in [6, 6.07) is 6.57. The molecule has 0 radical (unpaired) electrons. The Morgan fingerprint density at radius 1 is 1.02 bits per heavy atom. The second-order valence-corrected chi connectivity index (χ2v) is 19.2. The van der Waals surface area contributed by atoms with Gasteiger partial charge >= 0.3 is 11.9 Å². The van der Waals surface area contributed by atoms with Crippen LogP contribution < -0.4 is 0 Å². The summed E-state index contributed by atoms with van der Waals surface area (Å²) in [4.78, 5) is 38.4. The van der Waals surface area contributed by atoms with Gasteiger partial charge in [-0.2, -0.15) is 0 Å². The smallest absolute Gasteiger partial charge is 0.336 e. The molecular formula is C45H65NO8. The summed E-state index contributed by atoms with van der Waals surface area (Å²) in [5.74, 6) is 1.19. The molecule has 9 heteroatoms. The van der Waals surface area contributed by atoms with E-state index in [-0.39, 0.29) is 40.2 Å². The first-order valence-corrected chi connectivity index (χ1v) is 20.1. The molecule has 0 heterocycles. The van der Waals surface area contributed by atoms with Crippen molar-refractivity contribution in [3.8, 4) is 0 Å². The molecule has 1 aromatic rings. The molecule has 0 amide bonds. The maximum Gasteiger partial charge on any atom is 0.336 e. The fourth-order valence-corrected chi connectivity index (χ4v) is 11.7. The number of esters is 2. The van der Waals surface area contributed by atoms with Gasteiger partial charge in [0.2, 0.25) is 6.79 Å². The van der Waals surface area contributed by atoms with Crippen LogP contribution in [0.2, 0.25) is 0 Å². The molecule has 10 atom stereocenters. The molecular weight excluding hydrogens is 682 g/mol. The second-order valence-electron chi connectivity index (χ2n) is 19.2. The van der Waals surface area contributed by atoms with Gasteiger partial charge in [-0.05, 0) is 155 Å². The van der Waals surface area contributed by atoms with E-state index in [9.17, 15) is 24.8 Å². The number of non-ortho nitro benzene ring substituents is 1. The number of allylic oxidation sites excluding steroid dienone is 3. The summed E-state index contributed by atoms with van der Waals surface area (Å²) in [6.07, 6.45) is 5.16. The molecule has 0 aromatic heterocycles. The Morgan fingerprint density at radius 2 is 1.70 bits per heavy atom. The van der Waals surface area contributed by atoms with Crippen LogP contribution in [0.25, 0.3) is 5.57 Å². The van der Waals surface area contributed by atoms with Gasteiger partial charge < -0.3 is 19.3 Å². The Balaban J connectivity index is 1.61. The van der Waals surface area contributed by atoms with Crippen LogP contribution in [0.3, 0.4) is 0 Å². The SMILES string of the molecule is C=C(C)OC1C[C@@]2(C)[C@@H](C[C@@H](O)[C@H]3[C@@]4(C)CC[C@@H](C)[C@H](C)[C@@H]4CC[C@@]32C)/C1=C(\CCC(=C(C)C)c1cccc([N+](=O)[O-])c1)C(=O)OCOC(=O)C(C)(C)C. The molecule has 4 fully saturated rings. The number of nitro benzene ring substituents is 1. The lowest BCUT2D eigenvalue weighted by molar-refractivity contribution is -0.384. The van der Waals surface area contributed by atoms with Crippen molar-refractivity contribution >= 4 is 23.2 Å². The van der Waals surface area contributed by atoms with Crippen LogP contribution in [0.5, 0.6) is 0 Å². The summed E-state index contributed by atoms with van der Waals surface area (Å²) >= 11 is 0. The van der Waals surface area contributed by atoms with Crippen LogP contribution in [0.4, 0.5) is 5.69 Å². The van der Waals surface area contributed by atoms with Crippen LogP contribution in [0.15, 0.2) is 53.3 Å². The zero-order valence-corrected chi connectivity index (χ0v) is 34.7. The number of benzene rings is 1. The van der Waals surface area contributed by atoms with Crippen molar-refractivity contribution in [3.63, 3.8) is 0 Å². The van der Waals surface area contributed by atoms with E-state index >= 15 is 0 Å². The molecule has 4 aliphatic rings. The number of aliphatic hydroxyl groups excluding tert-OH is 1. The van der Waals surface area contributed by atoms with Gasteiger partial charge in [0.05, 0.1) is 22.2 Å². The van der Waals surface area contributed by atoms with Gasteiger partial charge in [0, 0.05) is 17.7 Å².